The number of likely N-dealkylation sites (N-methyl/N-ethyl adjacent to an activating group) is 1. The van der Waals surface area contributed by atoms with Crippen molar-refractivity contribution in [2.24, 2.45) is 0 Å². The van der Waals surface area contributed by atoms with Gasteiger partial charge in [0.15, 0.2) is 0 Å². The quantitative estimate of drug-likeness (QED) is 0.789. The molecule has 2 unspecified atom stereocenters. The van der Waals surface area contributed by atoms with Crippen LogP contribution in [0.25, 0.3) is 0 Å². The van der Waals surface area contributed by atoms with E-state index in [2.05, 4.69) is 35.9 Å². The van der Waals surface area contributed by atoms with E-state index in [1.165, 1.54) is 58.3 Å². The molecule has 3 nitrogen and oxygen atoms in total. The summed E-state index contributed by atoms with van der Waals surface area (Å²) in [5.41, 5.74) is 0. The Labute approximate surface area is 119 Å². The molecular formula is C16H33N3. The van der Waals surface area contributed by atoms with Gasteiger partial charge < -0.3 is 5.32 Å². The van der Waals surface area contributed by atoms with Crippen molar-refractivity contribution in [3.05, 3.63) is 0 Å². The molecule has 0 spiro atoms. The molecule has 2 fully saturated rings. The van der Waals surface area contributed by atoms with E-state index < -0.39 is 0 Å². The summed E-state index contributed by atoms with van der Waals surface area (Å²) in [6.45, 7) is 13.1. The smallest absolute Gasteiger partial charge is 0.0250 e. The summed E-state index contributed by atoms with van der Waals surface area (Å²) >= 11 is 0. The fourth-order valence-corrected chi connectivity index (χ4v) is 3.81. The van der Waals surface area contributed by atoms with Crippen LogP contribution in [0.15, 0.2) is 0 Å². The van der Waals surface area contributed by atoms with Crippen LogP contribution < -0.4 is 5.32 Å². The Morgan fingerprint density at radius 1 is 1.00 bits per heavy atom. The fourth-order valence-electron chi connectivity index (χ4n) is 3.81. The van der Waals surface area contributed by atoms with E-state index in [0.29, 0.717) is 6.04 Å². The van der Waals surface area contributed by atoms with Crippen LogP contribution in [0.3, 0.4) is 0 Å². The van der Waals surface area contributed by atoms with Crippen molar-refractivity contribution in [3.8, 4) is 0 Å². The summed E-state index contributed by atoms with van der Waals surface area (Å²) in [7, 11) is 0. The number of piperazine rings is 1. The molecule has 1 saturated heterocycles. The van der Waals surface area contributed by atoms with E-state index >= 15 is 0 Å². The van der Waals surface area contributed by atoms with E-state index in [9.17, 15) is 0 Å². The molecular weight excluding hydrogens is 234 g/mol. The molecule has 19 heavy (non-hydrogen) atoms. The van der Waals surface area contributed by atoms with Crippen LogP contribution in [-0.4, -0.2) is 60.6 Å². The largest absolute Gasteiger partial charge is 0.313 e. The molecule has 1 aliphatic heterocycles. The highest BCUT2D eigenvalue weighted by Gasteiger charge is 2.30. The van der Waals surface area contributed by atoms with Gasteiger partial charge in [-0.1, -0.05) is 26.2 Å². The Kier molecular flexibility index (Phi) is 6.11. The maximum Gasteiger partial charge on any atom is 0.0250 e. The second kappa shape index (κ2) is 7.61. The molecule has 112 valence electrons. The van der Waals surface area contributed by atoms with Crippen molar-refractivity contribution in [2.75, 3.05) is 32.7 Å². The monoisotopic (exact) mass is 267 g/mol. The molecule has 1 N–H and O–H groups in total. The molecule has 2 aliphatic rings. The average molecular weight is 267 g/mol. The minimum absolute atomic E-state index is 0.709. The van der Waals surface area contributed by atoms with E-state index in [4.69, 9.17) is 0 Å². The molecule has 2 rings (SSSR count). The Hall–Kier alpha value is -0.120. The lowest BCUT2D eigenvalue weighted by molar-refractivity contribution is 0.0610. The number of hydrogen-bond acceptors (Lipinski definition) is 3. The zero-order valence-corrected chi connectivity index (χ0v) is 13.2. The number of rotatable bonds is 4. The van der Waals surface area contributed by atoms with Gasteiger partial charge in [-0.15, -0.1) is 0 Å². The minimum Gasteiger partial charge on any atom is -0.313 e. The first-order valence-corrected chi connectivity index (χ1v) is 8.44. The second-order valence-corrected chi connectivity index (χ2v) is 6.54. The first kappa shape index (κ1) is 15.3. The van der Waals surface area contributed by atoms with Gasteiger partial charge in [0, 0.05) is 44.3 Å². The highest BCUT2D eigenvalue weighted by molar-refractivity contribution is 4.89. The third kappa shape index (κ3) is 4.17. The number of nitrogens with zero attached hydrogens (tertiary/aromatic N) is 2. The van der Waals surface area contributed by atoms with Gasteiger partial charge in [0.1, 0.15) is 0 Å². The van der Waals surface area contributed by atoms with Crippen LogP contribution in [-0.2, 0) is 0 Å². The lowest BCUT2D eigenvalue weighted by Gasteiger charge is -2.43. The molecule has 2 atom stereocenters. The van der Waals surface area contributed by atoms with Crippen molar-refractivity contribution in [1.82, 2.24) is 15.1 Å². The summed E-state index contributed by atoms with van der Waals surface area (Å²) in [4.78, 5) is 5.40. The minimum atomic E-state index is 0.709. The Bertz CT molecular complexity index is 246. The normalized spacial score (nSPS) is 31.6. The zero-order valence-electron chi connectivity index (χ0n) is 13.2. The Balaban J connectivity index is 1.91. The van der Waals surface area contributed by atoms with Crippen molar-refractivity contribution < 1.29 is 0 Å². The van der Waals surface area contributed by atoms with Crippen LogP contribution >= 0.6 is 0 Å². The third-order valence-corrected chi connectivity index (χ3v) is 4.99. The lowest BCUT2D eigenvalue weighted by Crippen LogP contribution is -2.57. The summed E-state index contributed by atoms with van der Waals surface area (Å²) < 4.78 is 0. The average Bonchev–Trinajstić information content (AvgIpc) is 2.65. The number of nitrogens with one attached hydrogen (secondary N) is 1. The van der Waals surface area contributed by atoms with Crippen LogP contribution in [0.4, 0.5) is 0 Å². The molecule has 0 radical (unpaired) electrons. The summed E-state index contributed by atoms with van der Waals surface area (Å²) in [6, 6.07) is 2.23. The Morgan fingerprint density at radius 3 is 2.32 bits per heavy atom. The highest BCUT2D eigenvalue weighted by atomic mass is 15.3. The standard InChI is InChI=1S/C16H33N3/c1-4-17-15-8-6-5-7-9-16(15)19-12-10-18(11-13-19)14(2)3/h14-17H,4-13H2,1-3H3. The second-order valence-electron chi connectivity index (χ2n) is 6.54. The van der Waals surface area contributed by atoms with Gasteiger partial charge in [-0.3, -0.25) is 9.80 Å². The zero-order chi connectivity index (χ0) is 13.7. The first-order chi connectivity index (χ1) is 9.22. The third-order valence-electron chi connectivity index (χ3n) is 4.99. The molecule has 1 heterocycles. The van der Waals surface area contributed by atoms with Gasteiger partial charge in [0.05, 0.1) is 0 Å². The predicted octanol–water partition coefficient (Wildman–Crippen LogP) is 2.32. The van der Waals surface area contributed by atoms with Crippen molar-refractivity contribution >= 4 is 0 Å². The van der Waals surface area contributed by atoms with E-state index in [-0.39, 0.29) is 0 Å². The summed E-state index contributed by atoms with van der Waals surface area (Å²) in [5, 5.41) is 3.75. The van der Waals surface area contributed by atoms with Gasteiger partial charge in [0.2, 0.25) is 0 Å². The van der Waals surface area contributed by atoms with Gasteiger partial charge in [-0.2, -0.15) is 0 Å². The lowest BCUT2D eigenvalue weighted by atomic mass is 10.00. The van der Waals surface area contributed by atoms with E-state index in [1.807, 2.05) is 0 Å². The molecule has 0 aromatic rings. The number of hydrogen-bond donors (Lipinski definition) is 1. The van der Waals surface area contributed by atoms with Crippen LogP contribution in [0.5, 0.6) is 0 Å². The maximum absolute atomic E-state index is 3.75. The summed E-state index contributed by atoms with van der Waals surface area (Å²) in [5.74, 6) is 0. The Morgan fingerprint density at radius 2 is 1.68 bits per heavy atom. The van der Waals surface area contributed by atoms with Gasteiger partial charge in [0.25, 0.3) is 0 Å². The molecule has 1 saturated carbocycles. The van der Waals surface area contributed by atoms with Gasteiger partial charge in [-0.05, 0) is 33.2 Å². The first-order valence-electron chi connectivity index (χ1n) is 8.44. The van der Waals surface area contributed by atoms with Crippen molar-refractivity contribution in [3.63, 3.8) is 0 Å². The topological polar surface area (TPSA) is 18.5 Å². The molecule has 1 aliphatic carbocycles. The van der Waals surface area contributed by atoms with E-state index in [1.54, 1.807) is 0 Å². The fraction of sp³-hybridized carbons (Fsp3) is 1.00. The summed E-state index contributed by atoms with van der Waals surface area (Å²) in [6.07, 6.45) is 7.06. The van der Waals surface area contributed by atoms with Crippen LogP contribution in [0.2, 0.25) is 0 Å². The SMILES string of the molecule is CCNC1CCCCCC1N1CCN(C(C)C)CC1. The van der Waals surface area contributed by atoms with Gasteiger partial charge in [-0.25, -0.2) is 0 Å². The van der Waals surface area contributed by atoms with E-state index in [0.717, 1.165) is 18.6 Å². The molecule has 0 aromatic heterocycles. The van der Waals surface area contributed by atoms with Crippen LogP contribution in [0.1, 0.15) is 52.9 Å². The van der Waals surface area contributed by atoms with Crippen molar-refractivity contribution in [1.29, 1.82) is 0 Å². The molecule has 0 bridgehead atoms. The predicted molar refractivity (Wildman–Crippen MR) is 82.6 cm³/mol. The molecule has 0 amide bonds. The van der Waals surface area contributed by atoms with Crippen LogP contribution in [0, 0.1) is 0 Å². The van der Waals surface area contributed by atoms with Gasteiger partial charge >= 0.3 is 0 Å². The maximum atomic E-state index is 3.75. The highest BCUT2D eigenvalue weighted by Crippen LogP contribution is 2.24. The molecule has 0 aromatic carbocycles. The molecule has 3 heteroatoms. The van der Waals surface area contributed by atoms with Crippen molar-refractivity contribution in [2.45, 2.75) is 71.0 Å².